The smallest absolute Gasteiger partial charge is 0.257 e. The molecule has 2 saturated heterocycles. The summed E-state index contributed by atoms with van der Waals surface area (Å²) in [5.74, 6) is 0.0905. The number of rotatable bonds is 3. The normalized spacial score (nSPS) is 25.6. The highest BCUT2D eigenvalue weighted by molar-refractivity contribution is 5.93. The Kier molecular flexibility index (Phi) is 4.04. The van der Waals surface area contributed by atoms with Gasteiger partial charge in [-0.1, -0.05) is 0 Å². The van der Waals surface area contributed by atoms with Crippen LogP contribution >= 0.6 is 0 Å². The summed E-state index contributed by atoms with van der Waals surface area (Å²) in [6.45, 7) is 2.46. The number of piperidine rings is 1. The van der Waals surface area contributed by atoms with E-state index in [1.165, 1.54) is 19.1 Å². The molecule has 3 heterocycles. The average molecular weight is 292 g/mol. The molecule has 1 atom stereocenters. The number of amides is 1. The van der Waals surface area contributed by atoms with E-state index in [1.807, 2.05) is 4.90 Å². The van der Waals surface area contributed by atoms with Gasteiger partial charge in [0.1, 0.15) is 6.26 Å². The Balaban J connectivity index is 1.61. The Hall–Kier alpha value is -1.33. The second kappa shape index (κ2) is 5.81. The monoisotopic (exact) mass is 292 g/mol. The van der Waals surface area contributed by atoms with Crippen molar-refractivity contribution in [1.29, 1.82) is 0 Å². The van der Waals surface area contributed by atoms with Crippen molar-refractivity contribution in [3.8, 4) is 0 Å². The molecule has 0 N–H and O–H groups in total. The van der Waals surface area contributed by atoms with Crippen LogP contribution < -0.4 is 0 Å². The van der Waals surface area contributed by atoms with Crippen molar-refractivity contribution in [1.82, 2.24) is 9.80 Å². The fourth-order valence-corrected chi connectivity index (χ4v) is 3.88. The zero-order valence-corrected chi connectivity index (χ0v) is 12.9. The van der Waals surface area contributed by atoms with Gasteiger partial charge < -0.3 is 14.1 Å². The van der Waals surface area contributed by atoms with E-state index in [0.717, 1.165) is 32.5 Å². The number of likely N-dealkylation sites (N-methyl/N-ethyl adjacent to an activating group) is 1. The summed E-state index contributed by atoms with van der Waals surface area (Å²) in [7, 11) is 3.98. The topological polar surface area (TPSA) is 45.9 Å². The van der Waals surface area contributed by atoms with Crippen LogP contribution in [0.2, 0.25) is 0 Å². The van der Waals surface area contributed by atoms with Gasteiger partial charge in [-0.2, -0.15) is 0 Å². The molecular weight excluding hydrogens is 268 g/mol. The zero-order chi connectivity index (χ0) is 14.9. The van der Waals surface area contributed by atoms with Gasteiger partial charge in [0.2, 0.25) is 0 Å². The summed E-state index contributed by atoms with van der Waals surface area (Å²) in [4.78, 5) is 16.8. The minimum atomic E-state index is 0.0905. The summed E-state index contributed by atoms with van der Waals surface area (Å²) < 4.78 is 10.3. The van der Waals surface area contributed by atoms with Gasteiger partial charge in [0, 0.05) is 31.8 Å². The molecule has 1 amide bonds. The Morgan fingerprint density at radius 1 is 1.43 bits per heavy atom. The van der Waals surface area contributed by atoms with Crippen molar-refractivity contribution < 1.29 is 13.9 Å². The minimum Gasteiger partial charge on any atom is -0.472 e. The van der Waals surface area contributed by atoms with Crippen molar-refractivity contribution >= 4 is 5.91 Å². The lowest BCUT2D eigenvalue weighted by Crippen LogP contribution is -2.54. The number of methoxy groups -OCH3 is 1. The minimum absolute atomic E-state index is 0.0905. The predicted octanol–water partition coefficient (Wildman–Crippen LogP) is 1.99. The van der Waals surface area contributed by atoms with Crippen LogP contribution in [0.15, 0.2) is 23.0 Å². The van der Waals surface area contributed by atoms with E-state index in [1.54, 1.807) is 19.4 Å². The van der Waals surface area contributed by atoms with Crippen molar-refractivity contribution in [3.63, 3.8) is 0 Å². The average Bonchev–Trinajstić information content (AvgIpc) is 3.13. The molecule has 21 heavy (non-hydrogen) atoms. The largest absolute Gasteiger partial charge is 0.472 e. The van der Waals surface area contributed by atoms with Gasteiger partial charge in [0.15, 0.2) is 0 Å². The number of hydrogen-bond acceptors (Lipinski definition) is 4. The first-order valence-electron chi connectivity index (χ1n) is 7.70. The molecule has 0 aliphatic carbocycles. The number of furan rings is 1. The lowest BCUT2D eigenvalue weighted by Gasteiger charge is -2.45. The van der Waals surface area contributed by atoms with Gasteiger partial charge in [-0.3, -0.25) is 9.69 Å². The first kappa shape index (κ1) is 14.6. The van der Waals surface area contributed by atoms with Crippen LogP contribution in [0.4, 0.5) is 0 Å². The molecule has 0 aromatic carbocycles. The number of likely N-dealkylation sites (tertiary alicyclic amines) is 2. The first-order valence-corrected chi connectivity index (χ1v) is 7.70. The molecule has 2 aliphatic rings. The maximum Gasteiger partial charge on any atom is 0.257 e. The van der Waals surface area contributed by atoms with Gasteiger partial charge in [-0.05, 0) is 38.8 Å². The Morgan fingerprint density at radius 2 is 2.19 bits per heavy atom. The molecule has 1 aromatic heterocycles. The molecule has 3 rings (SSSR count). The number of carbonyl (C=O) groups is 1. The molecule has 0 unspecified atom stereocenters. The van der Waals surface area contributed by atoms with Crippen LogP contribution in [0.3, 0.4) is 0 Å². The lowest BCUT2D eigenvalue weighted by atomic mass is 9.85. The highest BCUT2D eigenvalue weighted by Gasteiger charge is 2.46. The fraction of sp³-hybridized carbons (Fsp3) is 0.688. The predicted molar refractivity (Wildman–Crippen MR) is 79.2 cm³/mol. The Labute approximate surface area is 125 Å². The first-order chi connectivity index (χ1) is 10.2. The van der Waals surface area contributed by atoms with Crippen LogP contribution in [-0.2, 0) is 4.74 Å². The molecule has 1 spiro atoms. The van der Waals surface area contributed by atoms with Crippen LogP contribution in [0.25, 0.3) is 0 Å². The van der Waals surface area contributed by atoms with Crippen molar-refractivity contribution in [2.45, 2.75) is 37.3 Å². The number of hydrogen-bond donors (Lipinski definition) is 0. The second-order valence-electron chi connectivity index (χ2n) is 6.29. The van der Waals surface area contributed by atoms with E-state index in [4.69, 9.17) is 9.15 Å². The van der Waals surface area contributed by atoms with Crippen molar-refractivity contribution in [3.05, 3.63) is 24.2 Å². The molecule has 2 aliphatic heterocycles. The highest BCUT2D eigenvalue weighted by Crippen LogP contribution is 2.40. The molecule has 5 heteroatoms. The quantitative estimate of drug-likeness (QED) is 0.855. The third-order valence-corrected chi connectivity index (χ3v) is 5.35. The van der Waals surface area contributed by atoms with Gasteiger partial charge >= 0.3 is 0 Å². The SMILES string of the molecule is COC[C@H]1CCC2(CCN(C(=O)c3ccoc3)CC2)N1C. The third kappa shape index (κ3) is 2.60. The maximum absolute atomic E-state index is 12.3. The number of ether oxygens (including phenoxy) is 1. The van der Waals surface area contributed by atoms with Gasteiger partial charge in [-0.15, -0.1) is 0 Å². The summed E-state index contributed by atoms with van der Waals surface area (Å²) >= 11 is 0. The fourth-order valence-electron chi connectivity index (χ4n) is 3.88. The molecule has 0 bridgehead atoms. The molecule has 0 radical (unpaired) electrons. The van der Waals surface area contributed by atoms with Crippen molar-refractivity contribution in [2.75, 3.05) is 33.9 Å². The highest BCUT2D eigenvalue weighted by atomic mass is 16.5. The zero-order valence-electron chi connectivity index (χ0n) is 12.9. The maximum atomic E-state index is 12.3. The lowest BCUT2D eigenvalue weighted by molar-refractivity contribution is 0.0273. The molecular formula is C16H24N2O3. The standard InChI is InChI=1S/C16H24N2O3/c1-17-14(12-20-2)3-5-16(17)6-8-18(9-7-16)15(19)13-4-10-21-11-13/h4,10-11,14H,3,5-9,12H2,1-2H3/t14-/m1/s1. The van der Waals surface area contributed by atoms with E-state index >= 15 is 0 Å². The molecule has 0 saturated carbocycles. The van der Waals surface area contributed by atoms with Crippen LogP contribution in [0.5, 0.6) is 0 Å². The van der Waals surface area contributed by atoms with E-state index in [0.29, 0.717) is 11.6 Å². The number of carbonyl (C=O) groups excluding carboxylic acids is 1. The second-order valence-corrected chi connectivity index (χ2v) is 6.29. The van der Waals surface area contributed by atoms with Crippen LogP contribution in [0.1, 0.15) is 36.0 Å². The molecule has 2 fully saturated rings. The third-order valence-electron chi connectivity index (χ3n) is 5.35. The summed E-state index contributed by atoms with van der Waals surface area (Å²) in [5, 5.41) is 0. The summed E-state index contributed by atoms with van der Waals surface area (Å²) in [5.41, 5.74) is 0.916. The molecule has 116 valence electrons. The van der Waals surface area contributed by atoms with E-state index in [2.05, 4.69) is 11.9 Å². The van der Waals surface area contributed by atoms with E-state index < -0.39 is 0 Å². The van der Waals surface area contributed by atoms with Crippen LogP contribution in [-0.4, -0.2) is 61.1 Å². The van der Waals surface area contributed by atoms with Gasteiger partial charge in [0.05, 0.1) is 18.4 Å². The van der Waals surface area contributed by atoms with E-state index in [9.17, 15) is 4.79 Å². The van der Waals surface area contributed by atoms with Gasteiger partial charge in [0.25, 0.3) is 5.91 Å². The van der Waals surface area contributed by atoms with Crippen LogP contribution in [0, 0.1) is 0 Å². The molecule has 5 nitrogen and oxygen atoms in total. The molecule has 1 aromatic rings. The van der Waals surface area contributed by atoms with E-state index in [-0.39, 0.29) is 11.4 Å². The number of nitrogens with zero attached hydrogens (tertiary/aromatic N) is 2. The Morgan fingerprint density at radius 3 is 2.81 bits per heavy atom. The van der Waals surface area contributed by atoms with Crippen molar-refractivity contribution in [2.24, 2.45) is 0 Å². The Bertz CT molecular complexity index is 478. The van der Waals surface area contributed by atoms with Gasteiger partial charge in [-0.25, -0.2) is 0 Å². The summed E-state index contributed by atoms with van der Waals surface area (Å²) in [6.07, 6.45) is 7.59. The summed E-state index contributed by atoms with van der Waals surface area (Å²) in [6, 6.07) is 2.26.